The normalized spacial score (nSPS) is 12.7. The van der Waals surface area contributed by atoms with Crippen molar-refractivity contribution >= 4 is 11.6 Å². The van der Waals surface area contributed by atoms with Gasteiger partial charge in [0.25, 0.3) is 0 Å². The van der Waals surface area contributed by atoms with Gasteiger partial charge in [0.05, 0.1) is 12.6 Å². The molecule has 1 atom stereocenters. The fraction of sp³-hybridized carbons (Fsp3) is 0.500. The second kappa shape index (κ2) is 6.83. The molecule has 0 spiro atoms. The third kappa shape index (κ3) is 3.82. The van der Waals surface area contributed by atoms with E-state index in [0.29, 0.717) is 6.61 Å². The van der Waals surface area contributed by atoms with E-state index in [1.54, 1.807) is 0 Å². The lowest BCUT2D eigenvalue weighted by atomic mass is 10.1. The van der Waals surface area contributed by atoms with Crippen LogP contribution in [0.15, 0.2) is 24.3 Å². The Morgan fingerprint density at radius 2 is 2.13 bits per heavy atom. The van der Waals surface area contributed by atoms with Gasteiger partial charge in [-0.15, -0.1) is 0 Å². The van der Waals surface area contributed by atoms with Crippen molar-refractivity contribution in [2.75, 3.05) is 20.3 Å². The van der Waals surface area contributed by atoms with Crippen molar-refractivity contribution in [3.63, 3.8) is 0 Å². The van der Waals surface area contributed by atoms with Crippen molar-refractivity contribution in [2.45, 2.75) is 19.4 Å². The first-order chi connectivity index (χ1) is 7.29. The van der Waals surface area contributed by atoms with E-state index < -0.39 is 0 Å². The molecule has 1 N–H and O–H groups in total. The van der Waals surface area contributed by atoms with Crippen molar-refractivity contribution in [2.24, 2.45) is 0 Å². The average molecular weight is 228 g/mol. The van der Waals surface area contributed by atoms with Crippen molar-refractivity contribution in [3.8, 4) is 0 Å². The van der Waals surface area contributed by atoms with Gasteiger partial charge in [0, 0.05) is 11.6 Å². The molecule has 0 saturated carbocycles. The molecule has 0 heterocycles. The number of hydrogen-bond acceptors (Lipinski definition) is 2. The first-order valence-electron chi connectivity index (χ1n) is 5.29. The third-order valence-corrected chi connectivity index (χ3v) is 2.61. The van der Waals surface area contributed by atoms with Gasteiger partial charge in [-0.05, 0) is 25.1 Å². The highest BCUT2D eigenvalue weighted by molar-refractivity contribution is 6.31. The van der Waals surface area contributed by atoms with Gasteiger partial charge in [-0.3, -0.25) is 0 Å². The molecular weight excluding hydrogens is 210 g/mol. The topological polar surface area (TPSA) is 21.3 Å². The van der Waals surface area contributed by atoms with Crippen LogP contribution < -0.4 is 5.32 Å². The van der Waals surface area contributed by atoms with E-state index in [9.17, 15) is 0 Å². The Morgan fingerprint density at radius 3 is 2.73 bits per heavy atom. The van der Waals surface area contributed by atoms with Gasteiger partial charge in [0.1, 0.15) is 0 Å². The number of ether oxygens (including phenoxy) is 1. The average Bonchev–Trinajstić information content (AvgIpc) is 2.26. The highest BCUT2D eigenvalue weighted by Crippen LogP contribution is 2.22. The molecule has 0 aliphatic carbocycles. The summed E-state index contributed by atoms with van der Waals surface area (Å²) in [4.78, 5) is 0. The van der Waals surface area contributed by atoms with Crippen LogP contribution in [0.1, 0.15) is 24.9 Å². The molecule has 0 aliphatic rings. The van der Waals surface area contributed by atoms with E-state index in [1.807, 2.05) is 31.3 Å². The van der Waals surface area contributed by atoms with Gasteiger partial charge in [-0.1, -0.05) is 36.7 Å². The van der Waals surface area contributed by atoms with Crippen molar-refractivity contribution in [1.82, 2.24) is 5.32 Å². The summed E-state index contributed by atoms with van der Waals surface area (Å²) in [5.41, 5.74) is 1.10. The maximum absolute atomic E-state index is 6.11. The molecule has 3 heteroatoms. The number of halogens is 1. The number of likely N-dealkylation sites (N-methyl/N-ethyl adjacent to an activating group) is 1. The van der Waals surface area contributed by atoms with Gasteiger partial charge in [-0.2, -0.15) is 0 Å². The molecule has 0 radical (unpaired) electrons. The SMILES string of the molecule is CCCOCC(NC)c1ccccc1Cl. The van der Waals surface area contributed by atoms with Gasteiger partial charge in [0.2, 0.25) is 0 Å². The van der Waals surface area contributed by atoms with E-state index in [0.717, 1.165) is 23.6 Å². The van der Waals surface area contributed by atoms with Crippen molar-refractivity contribution < 1.29 is 4.74 Å². The van der Waals surface area contributed by atoms with Crippen LogP contribution in [0.3, 0.4) is 0 Å². The van der Waals surface area contributed by atoms with Gasteiger partial charge < -0.3 is 10.1 Å². The van der Waals surface area contributed by atoms with Crippen LogP contribution in [0.5, 0.6) is 0 Å². The van der Waals surface area contributed by atoms with Crippen LogP contribution >= 0.6 is 11.6 Å². The number of hydrogen-bond donors (Lipinski definition) is 1. The minimum absolute atomic E-state index is 0.172. The summed E-state index contributed by atoms with van der Waals surface area (Å²) in [5, 5.41) is 4.00. The monoisotopic (exact) mass is 227 g/mol. The summed E-state index contributed by atoms with van der Waals surface area (Å²) in [5.74, 6) is 0. The fourth-order valence-corrected chi connectivity index (χ4v) is 1.70. The largest absolute Gasteiger partial charge is 0.379 e. The zero-order chi connectivity index (χ0) is 11.1. The fourth-order valence-electron chi connectivity index (χ4n) is 1.43. The first-order valence-corrected chi connectivity index (χ1v) is 5.66. The Labute approximate surface area is 96.6 Å². The van der Waals surface area contributed by atoms with Crippen molar-refractivity contribution in [1.29, 1.82) is 0 Å². The molecule has 0 saturated heterocycles. The molecule has 84 valence electrons. The third-order valence-electron chi connectivity index (χ3n) is 2.26. The minimum atomic E-state index is 0.172. The molecule has 15 heavy (non-hydrogen) atoms. The predicted molar refractivity (Wildman–Crippen MR) is 64.4 cm³/mol. The standard InChI is InChI=1S/C12H18ClNO/c1-3-8-15-9-12(14-2)10-6-4-5-7-11(10)13/h4-7,12,14H,3,8-9H2,1-2H3. The molecule has 0 aliphatic heterocycles. The Bertz CT molecular complexity index is 291. The molecule has 1 rings (SSSR count). The van der Waals surface area contributed by atoms with E-state index >= 15 is 0 Å². The Morgan fingerprint density at radius 1 is 1.40 bits per heavy atom. The van der Waals surface area contributed by atoms with Gasteiger partial charge in [-0.25, -0.2) is 0 Å². The molecule has 1 unspecified atom stereocenters. The molecule has 2 nitrogen and oxygen atoms in total. The first kappa shape index (κ1) is 12.5. The lowest BCUT2D eigenvalue weighted by Crippen LogP contribution is -2.22. The van der Waals surface area contributed by atoms with Crippen LogP contribution in [0.2, 0.25) is 5.02 Å². The maximum Gasteiger partial charge on any atom is 0.0661 e. The molecule has 1 aromatic carbocycles. The Kier molecular flexibility index (Phi) is 5.69. The second-order valence-electron chi connectivity index (χ2n) is 3.44. The van der Waals surface area contributed by atoms with Crippen molar-refractivity contribution in [3.05, 3.63) is 34.9 Å². The lowest BCUT2D eigenvalue weighted by Gasteiger charge is -2.17. The molecule has 1 aromatic rings. The van der Waals surface area contributed by atoms with Crippen LogP contribution in [-0.2, 0) is 4.74 Å². The summed E-state index contributed by atoms with van der Waals surface area (Å²) in [6.45, 7) is 3.56. The molecular formula is C12H18ClNO. The number of nitrogens with one attached hydrogen (secondary N) is 1. The highest BCUT2D eigenvalue weighted by atomic mass is 35.5. The quantitative estimate of drug-likeness (QED) is 0.755. The van der Waals surface area contributed by atoms with Crippen LogP contribution in [0.25, 0.3) is 0 Å². The van der Waals surface area contributed by atoms with Crippen LogP contribution in [0.4, 0.5) is 0 Å². The Balaban J connectivity index is 2.61. The summed E-state index contributed by atoms with van der Waals surface area (Å²) in [6, 6.07) is 8.03. The molecule has 0 fully saturated rings. The zero-order valence-electron chi connectivity index (χ0n) is 9.29. The van der Waals surface area contributed by atoms with Crippen LogP contribution in [-0.4, -0.2) is 20.3 Å². The van der Waals surface area contributed by atoms with E-state index in [1.165, 1.54) is 0 Å². The Hall–Kier alpha value is -0.570. The molecule has 0 amide bonds. The number of rotatable bonds is 6. The summed E-state index contributed by atoms with van der Waals surface area (Å²) in [7, 11) is 1.92. The van der Waals surface area contributed by atoms with E-state index in [2.05, 4.69) is 12.2 Å². The zero-order valence-corrected chi connectivity index (χ0v) is 10.1. The molecule has 0 bridgehead atoms. The predicted octanol–water partition coefficient (Wildman–Crippen LogP) is 3.03. The molecule has 0 aromatic heterocycles. The number of benzene rings is 1. The summed E-state index contributed by atoms with van der Waals surface area (Å²) >= 11 is 6.11. The smallest absolute Gasteiger partial charge is 0.0661 e. The lowest BCUT2D eigenvalue weighted by molar-refractivity contribution is 0.114. The highest BCUT2D eigenvalue weighted by Gasteiger charge is 2.11. The van der Waals surface area contributed by atoms with Crippen LogP contribution in [0, 0.1) is 0 Å². The minimum Gasteiger partial charge on any atom is -0.379 e. The maximum atomic E-state index is 6.11. The van der Waals surface area contributed by atoms with E-state index in [-0.39, 0.29) is 6.04 Å². The summed E-state index contributed by atoms with van der Waals surface area (Å²) < 4.78 is 5.52. The van der Waals surface area contributed by atoms with E-state index in [4.69, 9.17) is 16.3 Å². The van der Waals surface area contributed by atoms with Gasteiger partial charge in [0.15, 0.2) is 0 Å². The second-order valence-corrected chi connectivity index (χ2v) is 3.84. The summed E-state index contributed by atoms with van der Waals surface area (Å²) in [6.07, 6.45) is 1.04. The van der Waals surface area contributed by atoms with Gasteiger partial charge >= 0.3 is 0 Å².